The van der Waals surface area contributed by atoms with E-state index in [1.165, 1.54) is 12.8 Å². The molecule has 1 aliphatic rings. The summed E-state index contributed by atoms with van der Waals surface area (Å²) in [4.78, 5) is 16.0. The Kier molecular flexibility index (Phi) is 3.18. The van der Waals surface area contributed by atoms with Crippen molar-refractivity contribution in [3.63, 3.8) is 0 Å². The number of aromatic nitrogens is 1. The van der Waals surface area contributed by atoms with Crippen molar-refractivity contribution in [3.05, 3.63) is 48.2 Å². The molecular formula is C14H15N3O2. The van der Waals surface area contributed by atoms with E-state index in [1.54, 1.807) is 24.6 Å². The lowest BCUT2D eigenvalue weighted by atomic mass is 10.3. The number of carbonyl (C=O) groups excluding carboxylic acids is 1. The SMILES string of the molecule is O=C(NCc1ccco1)c1ccc(NC2CC2)cn1. The number of hydrogen-bond acceptors (Lipinski definition) is 4. The van der Waals surface area contributed by atoms with Crippen molar-refractivity contribution in [1.82, 2.24) is 10.3 Å². The van der Waals surface area contributed by atoms with Gasteiger partial charge in [-0.3, -0.25) is 4.79 Å². The van der Waals surface area contributed by atoms with Gasteiger partial charge in [0.05, 0.1) is 24.7 Å². The van der Waals surface area contributed by atoms with Crippen LogP contribution in [-0.4, -0.2) is 16.9 Å². The Hall–Kier alpha value is -2.30. The molecule has 0 aliphatic heterocycles. The van der Waals surface area contributed by atoms with E-state index < -0.39 is 0 Å². The van der Waals surface area contributed by atoms with Crippen LogP contribution in [-0.2, 0) is 6.54 Å². The smallest absolute Gasteiger partial charge is 0.270 e. The van der Waals surface area contributed by atoms with Crippen LogP contribution >= 0.6 is 0 Å². The molecule has 0 atom stereocenters. The molecule has 1 amide bonds. The molecule has 0 unspecified atom stereocenters. The van der Waals surface area contributed by atoms with Gasteiger partial charge in [-0.25, -0.2) is 4.98 Å². The first-order valence-electron chi connectivity index (χ1n) is 6.34. The zero-order valence-corrected chi connectivity index (χ0v) is 10.4. The van der Waals surface area contributed by atoms with Crippen LogP contribution in [0.5, 0.6) is 0 Å². The molecule has 5 heteroatoms. The second kappa shape index (κ2) is 5.14. The van der Waals surface area contributed by atoms with E-state index >= 15 is 0 Å². The van der Waals surface area contributed by atoms with Gasteiger partial charge in [-0.1, -0.05) is 0 Å². The summed E-state index contributed by atoms with van der Waals surface area (Å²) in [5, 5.41) is 6.09. The largest absolute Gasteiger partial charge is 0.467 e. The van der Waals surface area contributed by atoms with E-state index in [1.807, 2.05) is 12.1 Å². The van der Waals surface area contributed by atoms with Crippen molar-refractivity contribution in [3.8, 4) is 0 Å². The standard InChI is InChI=1S/C14H15N3O2/c18-14(16-9-12-2-1-7-19-12)13-6-5-11(8-15-13)17-10-3-4-10/h1-2,5-8,10,17H,3-4,9H2,(H,16,18). The van der Waals surface area contributed by atoms with Crippen LogP contribution in [0.3, 0.4) is 0 Å². The lowest BCUT2D eigenvalue weighted by molar-refractivity contribution is 0.0943. The molecule has 1 fully saturated rings. The number of furan rings is 1. The Balaban J connectivity index is 1.56. The van der Waals surface area contributed by atoms with E-state index in [0.29, 0.717) is 18.3 Å². The molecule has 0 aromatic carbocycles. The zero-order chi connectivity index (χ0) is 13.1. The Morgan fingerprint density at radius 1 is 1.37 bits per heavy atom. The molecule has 5 nitrogen and oxygen atoms in total. The summed E-state index contributed by atoms with van der Waals surface area (Å²) in [6.07, 6.45) is 5.70. The first-order chi connectivity index (χ1) is 9.31. The number of amides is 1. The molecule has 19 heavy (non-hydrogen) atoms. The number of nitrogens with zero attached hydrogens (tertiary/aromatic N) is 1. The first-order valence-corrected chi connectivity index (χ1v) is 6.34. The lowest BCUT2D eigenvalue weighted by Gasteiger charge is -2.05. The van der Waals surface area contributed by atoms with E-state index in [0.717, 1.165) is 11.4 Å². The maximum Gasteiger partial charge on any atom is 0.270 e. The van der Waals surface area contributed by atoms with Gasteiger partial charge in [0.25, 0.3) is 5.91 Å². The van der Waals surface area contributed by atoms with Crippen LogP contribution < -0.4 is 10.6 Å². The van der Waals surface area contributed by atoms with Crippen LogP contribution in [0.1, 0.15) is 29.1 Å². The van der Waals surface area contributed by atoms with Crippen molar-refractivity contribution >= 4 is 11.6 Å². The molecule has 0 saturated heterocycles. The van der Waals surface area contributed by atoms with Crippen LogP contribution in [0.25, 0.3) is 0 Å². The Morgan fingerprint density at radius 3 is 2.89 bits per heavy atom. The molecule has 2 N–H and O–H groups in total. The summed E-state index contributed by atoms with van der Waals surface area (Å²) in [6.45, 7) is 0.371. The van der Waals surface area contributed by atoms with E-state index in [9.17, 15) is 4.79 Å². The summed E-state index contributed by atoms with van der Waals surface area (Å²) >= 11 is 0. The number of pyridine rings is 1. The number of carbonyl (C=O) groups is 1. The molecule has 98 valence electrons. The van der Waals surface area contributed by atoms with Crippen molar-refractivity contribution in [1.29, 1.82) is 0 Å². The Labute approximate surface area is 111 Å². The minimum atomic E-state index is -0.200. The normalized spacial score (nSPS) is 14.1. The highest BCUT2D eigenvalue weighted by Crippen LogP contribution is 2.24. The Bertz CT molecular complexity index is 545. The molecule has 2 aromatic rings. The highest BCUT2D eigenvalue weighted by atomic mass is 16.3. The molecule has 2 heterocycles. The summed E-state index contributed by atoms with van der Waals surface area (Å²) in [5.74, 6) is 0.523. The minimum absolute atomic E-state index is 0.200. The van der Waals surface area contributed by atoms with Gasteiger partial charge in [0, 0.05) is 6.04 Å². The molecule has 0 spiro atoms. The topological polar surface area (TPSA) is 67.2 Å². The third-order valence-corrected chi connectivity index (χ3v) is 2.95. The van der Waals surface area contributed by atoms with Crippen LogP contribution in [0.15, 0.2) is 41.1 Å². The van der Waals surface area contributed by atoms with Gasteiger partial charge in [0.2, 0.25) is 0 Å². The third-order valence-electron chi connectivity index (χ3n) is 2.95. The van der Waals surface area contributed by atoms with Gasteiger partial charge >= 0.3 is 0 Å². The average molecular weight is 257 g/mol. The van der Waals surface area contributed by atoms with E-state index in [2.05, 4.69) is 15.6 Å². The molecule has 0 bridgehead atoms. The maximum atomic E-state index is 11.9. The fourth-order valence-corrected chi connectivity index (χ4v) is 1.75. The van der Waals surface area contributed by atoms with Crippen molar-refractivity contribution in [2.24, 2.45) is 0 Å². The van der Waals surface area contributed by atoms with Gasteiger partial charge in [-0.2, -0.15) is 0 Å². The van der Waals surface area contributed by atoms with Gasteiger partial charge in [0.1, 0.15) is 11.5 Å². The molecular weight excluding hydrogens is 242 g/mol. The fraction of sp³-hybridized carbons (Fsp3) is 0.286. The molecule has 1 saturated carbocycles. The Morgan fingerprint density at radius 2 is 2.26 bits per heavy atom. The van der Waals surface area contributed by atoms with Crippen molar-refractivity contribution in [2.75, 3.05) is 5.32 Å². The first kappa shape index (κ1) is 11.8. The predicted molar refractivity (Wildman–Crippen MR) is 70.8 cm³/mol. The second-order valence-electron chi connectivity index (χ2n) is 4.61. The van der Waals surface area contributed by atoms with E-state index in [4.69, 9.17) is 4.42 Å². The zero-order valence-electron chi connectivity index (χ0n) is 10.4. The van der Waals surface area contributed by atoms with Gasteiger partial charge < -0.3 is 15.1 Å². The average Bonchev–Trinajstić information content (AvgIpc) is 3.09. The van der Waals surface area contributed by atoms with Crippen molar-refractivity contribution in [2.45, 2.75) is 25.4 Å². The van der Waals surface area contributed by atoms with Crippen LogP contribution in [0.4, 0.5) is 5.69 Å². The number of anilines is 1. The van der Waals surface area contributed by atoms with Crippen LogP contribution in [0.2, 0.25) is 0 Å². The molecule has 3 rings (SSSR count). The van der Waals surface area contributed by atoms with Gasteiger partial charge in [-0.05, 0) is 37.1 Å². The predicted octanol–water partition coefficient (Wildman–Crippen LogP) is 2.18. The highest BCUT2D eigenvalue weighted by Gasteiger charge is 2.20. The summed E-state index contributed by atoms with van der Waals surface area (Å²) in [7, 11) is 0. The fourth-order valence-electron chi connectivity index (χ4n) is 1.75. The van der Waals surface area contributed by atoms with Gasteiger partial charge in [-0.15, -0.1) is 0 Å². The van der Waals surface area contributed by atoms with E-state index in [-0.39, 0.29) is 5.91 Å². The highest BCUT2D eigenvalue weighted by molar-refractivity contribution is 5.92. The minimum Gasteiger partial charge on any atom is -0.467 e. The van der Waals surface area contributed by atoms with Gasteiger partial charge in [0.15, 0.2) is 0 Å². The third kappa shape index (κ3) is 3.13. The molecule has 0 radical (unpaired) electrons. The van der Waals surface area contributed by atoms with Crippen molar-refractivity contribution < 1.29 is 9.21 Å². The second-order valence-corrected chi connectivity index (χ2v) is 4.61. The maximum absolute atomic E-state index is 11.9. The molecule has 1 aliphatic carbocycles. The monoisotopic (exact) mass is 257 g/mol. The molecule has 2 aromatic heterocycles. The lowest BCUT2D eigenvalue weighted by Crippen LogP contribution is -2.23. The summed E-state index contributed by atoms with van der Waals surface area (Å²) in [6, 6.07) is 7.80. The summed E-state index contributed by atoms with van der Waals surface area (Å²) in [5.41, 5.74) is 1.37. The summed E-state index contributed by atoms with van der Waals surface area (Å²) < 4.78 is 5.14. The quantitative estimate of drug-likeness (QED) is 0.861. The number of nitrogens with one attached hydrogen (secondary N) is 2. The van der Waals surface area contributed by atoms with Crippen LogP contribution in [0, 0.1) is 0 Å². The number of rotatable bonds is 5. The number of hydrogen-bond donors (Lipinski definition) is 2.